The van der Waals surface area contributed by atoms with E-state index in [0.29, 0.717) is 5.75 Å². The highest BCUT2D eigenvalue weighted by Crippen LogP contribution is 2.12. The SMILES string of the molecule is CC[C@@H](C)C(=O)Oc1ccccc1. The van der Waals surface area contributed by atoms with Gasteiger partial charge in [0.1, 0.15) is 5.75 Å². The van der Waals surface area contributed by atoms with Gasteiger partial charge in [-0.3, -0.25) is 4.79 Å². The van der Waals surface area contributed by atoms with Crippen molar-refractivity contribution in [3.05, 3.63) is 30.3 Å². The van der Waals surface area contributed by atoms with Crippen molar-refractivity contribution < 1.29 is 9.53 Å². The molecule has 0 saturated heterocycles. The second-order valence-electron chi connectivity index (χ2n) is 3.04. The van der Waals surface area contributed by atoms with Crippen LogP contribution in [-0.2, 0) is 4.79 Å². The third kappa shape index (κ3) is 2.90. The van der Waals surface area contributed by atoms with Crippen LogP contribution >= 0.6 is 0 Å². The van der Waals surface area contributed by atoms with Crippen LogP contribution in [0.3, 0.4) is 0 Å². The third-order valence-electron chi connectivity index (χ3n) is 1.98. The number of para-hydroxylation sites is 1. The zero-order chi connectivity index (χ0) is 9.68. The lowest BCUT2D eigenvalue weighted by atomic mass is 10.1. The van der Waals surface area contributed by atoms with Crippen LogP contribution in [0.15, 0.2) is 30.3 Å². The van der Waals surface area contributed by atoms with Crippen LogP contribution in [-0.4, -0.2) is 5.97 Å². The fourth-order valence-electron chi connectivity index (χ4n) is 0.872. The summed E-state index contributed by atoms with van der Waals surface area (Å²) in [5, 5.41) is 0. The highest BCUT2D eigenvalue weighted by Gasteiger charge is 2.12. The predicted molar refractivity (Wildman–Crippen MR) is 51.5 cm³/mol. The summed E-state index contributed by atoms with van der Waals surface area (Å²) in [6.07, 6.45) is 0.811. The van der Waals surface area contributed by atoms with E-state index in [0.717, 1.165) is 6.42 Å². The zero-order valence-electron chi connectivity index (χ0n) is 7.99. The van der Waals surface area contributed by atoms with Gasteiger partial charge < -0.3 is 4.74 Å². The normalized spacial score (nSPS) is 12.2. The van der Waals surface area contributed by atoms with E-state index in [9.17, 15) is 4.79 Å². The van der Waals surface area contributed by atoms with Crippen LogP contribution < -0.4 is 4.74 Å². The van der Waals surface area contributed by atoms with E-state index >= 15 is 0 Å². The van der Waals surface area contributed by atoms with Gasteiger partial charge in [0.25, 0.3) is 0 Å². The molecule has 2 heteroatoms. The lowest BCUT2D eigenvalue weighted by molar-refractivity contribution is -0.138. The van der Waals surface area contributed by atoms with Crippen LogP contribution in [0.1, 0.15) is 20.3 Å². The molecule has 0 aliphatic heterocycles. The molecule has 0 fully saturated rings. The third-order valence-corrected chi connectivity index (χ3v) is 1.98. The minimum atomic E-state index is -0.159. The summed E-state index contributed by atoms with van der Waals surface area (Å²) in [5.41, 5.74) is 0. The summed E-state index contributed by atoms with van der Waals surface area (Å²) in [6.45, 7) is 3.84. The lowest BCUT2D eigenvalue weighted by Crippen LogP contribution is -2.16. The Morgan fingerprint density at radius 1 is 1.38 bits per heavy atom. The van der Waals surface area contributed by atoms with Crippen molar-refractivity contribution in [1.82, 2.24) is 0 Å². The Kier molecular flexibility index (Phi) is 3.50. The molecule has 1 aromatic rings. The first-order valence-corrected chi connectivity index (χ1v) is 4.50. The van der Waals surface area contributed by atoms with Crippen molar-refractivity contribution in [2.45, 2.75) is 20.3 Å². The minimum Gasteiger partial charge on any atom is -0.426 e. The van der Waals surface area contributed by atoms with E-state index in [2.05, 4.69) is 0 Å². The van der Waals surface area contributed by atoms with Crippen molar-refractivity contribution in [1.29, 1.82) is 0 Å². The molecule has 0 aromatic heterocycles. The molecule has 0 bridgehead atoms. The first kappa shape index (κ1) is 9.78. The van der Waals surface area contributed by atoms with Crippen LogP contribution in [0.2, 0.25) is 0 Å². The second kappa shape index (κ2) is 4.65. The number of hydrogen-bond donors (Lipinski definition) is 0. The van der Waals surface area contributed by atoms with Gasteiger partial charge in [0.15, 0.2) is 0 Å². The van der Waals surface area contributed by atoms with Crippen LogP contribution in [0.5, 0.6) is 5.75 Å². The number of esters is 1. The Balaban J connectivity index is 2.55. The lowest BCUT2D eigenvalue weighted by Gasteiger charge is -2.07. The van der Waals surface area contributed by atoms with Gasteiger partial charge in [-0.25, -0.2) is 0 Å². The molecule has 0 aliphatic rings. The molecule has 0 radical (unpaired) electrons. The van der Waals surface area contributed by atoms with E-state index in [1.165, 1.54) is 0 Å². The summed E-state index contributed by atoms with van der Waals surface area (Å²) in [7, 11) is 0. The average Bonchev–Trinajstić information content (AvgIpc) is 2.18. The number of benzene rings is 1. The maximum atomic E-state index is 11.3. The fourth-order valence-corrected chi connectivity index (χ4v) is 0.872. The maximum absolute atomic E-state index is 11.3. The smallest absolute Gasteiger partial charge is 0.314 e. The van der Waals surface area contributed by atoms with Crippen LogP contribution in [0.4, 0.5) is 0 Å². The number of ether oxygens (including phenoxy) is 1. The molecule has 2 nitrogen and oxygen atoms in total. The largest absolute Gasteiger partial charge is 0.426 e. The summed E-state index contributed by atoms with van der Waals surface area (Å²) in [4.78, 5) is 11.3. The van der Waals surface area contributed by atoms with Gasteiger partial charge in [0, 0.05) is 0 Å². The Labute approximate surface area is 78.5 Å². The Morgan fingerprint density at radius 2 is 2.00 bits per heavy atom. The van der Waals surface area contributed by atoms with Crippen molar-refractivity contribution in [2.24, 2.45) is 5.92 Å². The molecule has 1 rings (SSSR count). The van der Waals surface area contributed by atoms with Gasteiger partial charge in [0.2, 0.25) is 0 Å². The molecule has 1 atom stereocenters. The number of carbonyl (C=O) groups excluding carboxylic acids is 1. The molecule has 0 unspecified atom stereocenters. The highest BCUT2D eigenvalue weighted by molar-refractivity contribution is 5.74. The molecule has 0 N–H and O–H groups in total. The molecular weight excluding hydrogens is 164 g/mol. The summed E-state index contributed by atoms with van der Waals surface area (Å²) in [6, 6.07) is 9.14. The Morgan fingerprint density at radius 3 is 2.54 bits per heavy atom. The molecule has 13 heavy (non-hydrogen) atoms. The quantitative estimate of drug-likeness (QED) is 0.525. The number of carbonyl (C=O) groups is 1. The van der Waals surface area contributed by atoms with Gasteiger partial charge >= 0.3 is 5.97 Å². The molecule has 0 saturated carbocycles. The van der Waals surface area contributed by atoms with Gasteiger partial charge in [0.05, 0.1) is 5.92 Å². The zero-order valence-corrected chi connectivity index (χ0v) is 7.99. The topological polar surface area (TPSA) is 26.3 Å². The first-order chi connectivity index (χ1) is 6.24. The summed E-state index contributed by atoms with van der Waals surface area (Å²) in [5.74, 6) is 0.432. The standard InChI is InChI=1S/C11H14O2/c1-3-9(2)11(12)13-10-7-5-4-6-8-10/h4-9H,3H2,1-2H3/t9-/m1/s1. The minimum absolute atomic E-state index is 0.0276. The van der Waals surface area contributed by atoms with E-state index in [4.69, 9.17) is 4.74 Å². The molecular formula is C11H14O2. The molecule has 70 valence electrons. The monoisotopic (exact) mass is 178 g/mol. The summed E-state index contributed by atoms with van der Waals surface area (Å²) >= 11 is 0. The molecule has 1 aromatic carbocycles. The number of rotatable bonds is 3. The first-order valence-electron chi connectivity index (χ1n) is 4.50. The Bertz CT molecular complexity index is 267. The highest BCUT2D eigenvalue weighted by atomic mass is 16.5. The molecule has 0 aliphatic carbocycles. The fraction of sp³-hybridized carbons (Fsp3) is 0.364. The van der Waals surface area contributed by atoms with Crippen molar-refractivity contribution in [3.8, 4) is 5.75 Å². The van der Waals surface area contributed by atoms with Crippen LogP contribution in [0.25, 0.3) is 0 Å². The maximum Gasteiger partial charge on any atom is 0.314 e. The molecule has 0 heterocycles. The van der Waals surface area contributed by atoms with Crippen molar-refractivity contribution in [3.63, 3.8) is 0 Å². The predicted octanol–water partition coefficient (Wildman–Crippen LogP) is 2.64. The summed E-state index contributed by atoms with van der Waals surface area (Å²) < 4.78 is 5.13. The van der Waals surface area contributed by atoms with Gasteiger partial charge in [-0.2, -0.15) is 0 Å². The van der Waals surface area contributed by atoms with Gasteiger partial charge in [-0.05, 0) is 18.6 Å². The van der Waals surface area contributed by atoms with E-state index in [1.54, 1.807) is 12.1 Å². The Hall–Kier alpha value is -1.31. The van der Waals surface area contributed by atoms with Gasteiger partial charge in [-0.1, -0.05) is 32.0 Å². The van der Waals surface area contributed by atoms with Crippen molar-refractivity contribution in [2.75, 3.05) is 0 Å². The van der Waals surface area contributed by atoms with E-state index < -0.39 is 0 Å². The second-order valence-corrected chi connectivity index (χ2v) is 3.04. The van der Waals surface area contributed by atoms with E-state index in [-0.39, 0.29) is 11.9 Å². The van der Waals surface area contributed by atoms with E-state index in [1.807, 2.05) is 32.0 Å². The number of hydrogen-bond acceptors (Lipinski definition) is 2. The molecule has 0 amide bonds. The molecule has 0 spiro atoms. The van der Waals surface area contributed by atoms with Crippen molar-refractivity contribution >= 4 is 5.97 Å². The van der Waals surface area contributed by atoms with Crippen LogP contribution in [0, 0.1) is 5.92 Å². The van der Waals surface area contributed by atoms with Gasteiger partial charge in [-0.15, -0.1) is 0 Å². The average molecular weight is 178 g/mol.